The van der Waals surface area contributed by atoms with Gasteiger partial charge in [0.05, 0.1) is 5.60 Å². The van der Waals surface area contributed by atoms with Crippen LogP contribution in [0.3, 0.4) is 0 Å². The third-order valence-electron chi connectivity index (χ3n) is 4.77. The lowest BCUT2D eigenvalue weighted by molar-refractivity contribution is -0.0652. The Balaban J connectivity index is 1.80. The lowest BCUT2D eigenvalue weighted by Crippen LogP contribution is -2.51. The monoisotopic (exact) mass is 278 g/mol. The molecular weight excluding hydrogens is 255 g/mol. The molecule has 0 radical (unpaired) electrons. The molecule has 4 heteroatoms. The van der Waals surface area contributed by atoms with Gasteiger partial charge in [-0.05, 0) is 37.0 Å². The molecule has 1 atom stereocenters. The Morgan fingerprint density at radius 3 is 2.65 bits per heavy atom. The van der Waals surface area contributed by atoms with Crippen LogP contribution in [0.2, 0.25) is 0 Å². The second kappa shape index (κ2) is 5.80. The Hall–Kier alpha value is -0.970. The molecule has 1 aliphatic heterocycles. The third-order valence-corrected chi connectivity index (χ3v) is 4.77. The molecule has 2 aliphatic rings. The normalized spacial score (nSPS) is 24.1. The largest absolute Gasteiger partial charge is 0.389 e. The summed E-state index contributed by atoms with van der Waals surface area (Å²) in [6.07, 6.45) is 2.74. The van der Waals surface area contributed by atoms with Gasteiger partial charge in [-0.2, -0.15) is 0 Å². The number of hydrogen-bond donors (Lipinski definition) is 2. The van der Waals surface area contributed by atoms with Crippen molar-refractivity contribution in [2.45, 2.75) is 30.8 Å². The van der Waals surface area contributed by atoms with Crippen LogP contribution in [0.1, 0.15) is 30.7 Å². The summed E-state index contributed by atoms with van der Waals surface area (Å²) in [5.74, 6) is -0.194. The van der Waals surface area contributed by atoms with Crippen LogP contribution in [0, 0.1) is 5.82 Å². The molecule has 3 rings (SSSR count). The second-order valence-electron chi connectivity index (χ2n) is 6.12. The first kappa shape index (κ1) is 14.0. The highest BCUT2D eigenvalue weighted by Gasteiger charge is 2.43. The lowest BCUT2D eigenvalue weighted by atomic mass is 9.68. The summed E-state index contributed by atoms with van der Waals surface area (Å²) in [6, 6.07) is 6.75. The number of nitrogens with zero attached hydrogens (tertiary/aromatic N) is 1. The van der Waals surface area contributed by atoms with Gasteiger partial charge in [0.1, 0.15) is 5.82 Å². The van der Waals surface area contributed by atoms with Gasteiger partial charge in [0.2, 0.25) is 0 Å². The van der Waals surface area contributed by atoms with Crippen LogP contribution in [0.4, 0.5) is 4.39 Å². The average molecular weight is 278 g/mol. The maximum absolute atomic E-state index is 13.5. The molecule has 0 bridgehead atoms. The zero-order chi connectivity index (χ0) is 14.0. The van der Waals surface area contributed by atoms with Crippen LogP contribution in [0.25, 0.3) is 0 Å². The maximum Gasteiger partial charge on any atom is 0.123 e. The van der Waals surface area contributed by atoms with Gasteiger partial charge >= 0.3 is 0 Å². The van der Waals surface area contributed by atoms with Crippen molar-refractivity contribution in [3.63, 3.8) is 0 Å². The van der Waals surface area contributed by atoms with Crippen LogP contribution < -0.4 is 5.32 Å². The molecule has 2 N–H and O–H groups in total. The van der Waals surface area contributed by atoms with Crippen LogP contribution in [-0.2, 0) is 0 Å². The third kappa shape index (κ3) is 2.87. The Morgan fingerprint density at radius 2 is 2.05 bits per heavy atom. The first-order valence-electron chi connectivity index (χ1n) is 7.58. The fourth-order valence-corrected chi connectivity index (χ4v) is 3.35. The molecule has 1 saturated heterocycles. The summed E-state index contributed by atoms with van der Waals surface area (Å²) in [4.78, 5) is 2.38. The minimum Gasteiger partial charge on any atom is -0.389 e. The highest BCUT2D eigenvalue weighted by molar-refractivity contribution is 5.25. The summed E-state index contributed by atoms with van der Waals surface area (Å²) in [6.45, 7) is 4.81. The lowest BCUT2D eigenvalue weighted by Gasteiger charge is -2.45. The average Bonchev–Trinajstić information content (AvgIpc) is 2.43. The Morgan fingerprint density at radius 1 is 1.30 bits per heavy atom. The molecule has 0 spiro atoms. The number of rotatable bonds is 4. The first-order valence-corrected chi connectivity index (χ1v) is 7.58. The first-order chi connectivity index (χ1) is 9.67. The van der Waals surface area contributed by atoms with Crippen molar-refractivity contribution < 1.29 is 9.50 Å². The van der Waals surface area contributed by atoms with Gasteiger partial charge in [-0.25, -0.2) is 4.39 Å². The van der Waals surface area contributed by atoms with E-state index in [-0.39, 0.29) is 11.7 Å². The molecule has 110 valence electrons. The predicted octanol–water partition coefficient (Wildman–Crippen LogP) is 1.73. The Kier molecular flexibility index (Phi) is 4.06. The predicted molar refractivity (Wildman–Crippen MR) is 77.3 cm³/mol. The zero-order valence-corrected chi connectivity index (χ0v) is 11.8. The van der Waals surface area contributed by atoms with Crippen LogP contribution in [-0.4, -0.2) is 48.3 Å². The summed E-state index contributed by atoms with van der Waals surface area (Å²) in [5, 5.41) is 14.1. The van der Waals surface area contributed by atoms with Gasteiger partial charge in [0, 0.05) is 38.6 Å². The van der Waals surface area contributed by atoms with E-state index >= 15 is 0 Å². The van der Waals surface area contributed by atoms with Gasteiger partial charge in [-0.1, -0.05) is 12.1 Å². The van der Waals surface area contributed by atoms with Crippen molar-refractivity contribution in [3.8, 4) is 0 Å². The van der Waals surface area contributed by atoms with Gasteiger partial charge in [-0.15, -0.1) is 0 Å². The van der Waals surface area contributed by atoms with E-state index in [4.69, 9.17) is 0 Å². The van der Waals surface area contributed by atoms with Crippen molar-refractivity contribution in [1.29, 1.82) is 0 Å². The molecule has 1 unspecified atom stereocenters. The fraction of sp³-hybridized carbons (Fsp3) is 0.625. The number of aliphatic hydroxyl groups is 1. The maximum atomic E-state index is 13.5. The van der Waals surface area contributed by atoms with E-state index in [1.54, 1.807) is 12.1 Å². The van der Waals surface area contributed by atoms with Crippen molar-refractivity contribution in [2.75, 3.05) is 32.7 Å². The summed E-state index contributed by atoms with van der Waals surface area (Å²) in [7, 11) is 0. The number of halogens is 1. The summed E-state index contributed by atoms with van der Waals surface area (Å²) < 4.78 is 13.5. The van der Waals surface area contributed by atoms with Crippen molar-refractivity contribution in [2.24, 2.45) is 0 Å². The molecule has 20 heavy (non-hydrogen) atoms. The molecule has 1 aliphatic carbocycles. The number of nitrogens with one attached hydrogen (secondary N) is 1. The highest BCUT2D eigenvalue weighted by Crippen LogP contribution is 2.44. The molecule has 1 aromatic carbocycles. The minimum absolute atomic E-state index is 0.0186. The van der Waals surface area contributed by atoms with E-state index in [2.05, 4.69) is 10.2 Å². The standard InChI is InChI=1S/C16H23FN2O/c17-14-4-1-3-13(11-14)15(16(20)5-2-6-16)12-19-9-7-18-8-10-19/h1,3-4,11,15,18,20H,2,5-10,12H2. The SMILES string of the molecule is OC1(C(CN2CCNCC2)c2cccc(F)c2)CCC1. The van der Waals surface area contributed by atoms with E-state index in [9.17, 15) is 9.50 Å². The topological polar surface area (TPSA) is 35.5 Å². The number of hydrogen-bond acceptors (Lipinski definition) is 3. The smallest absolute Gasteiger partial charge is 0.123 e. The molecular formula is C16H23FN2O. The number of piperazine rings is 1. The van der Waals surface area contributed by atoms with Crippen molar-refractivity contribution in [3.05, 3.63) is 35.6 Å². The van der Waals surface area contributed by atoms with Crippen molar-refractivity contribution in [1.82, 2.24) is 10.2 Å². The molecule has 1 heterocycles. The van der Waals surface area contributed by atoms with E-state index in [0.717, 1.165) is 57.5 Å². The van der Waals surface area contributed by atoms with E-state index in [0.29, 0.717) is 0 Å². The van der Waals surface area contributed by atoms with Crippen LogP contribution in [0.15, 0.2) is 24.3 Å². The summed E-state index contributed by atoms with van der Waals surface area (Å²) in [5.41, 5.74) is 0.296. The Labute approximate surface area is 119 Å². The molecule has 1 aromatic rings. The molecule has 2 fully saturated rings. The van der Waals surface area contributed by atoms with E-state index < -0.39 is 5.60 Å². The molecule has 0 aromatic heterocycles. The van der Waals surface area contributed by atoms with Gasteiger partial charge in [-0.3, -0.25) is 0 Å². The van der Waals surface area contributed by atoms with Crippen LogP contribution >= 0.6 is 0 Å². The minimum atomic E-state index is -0.640. The number of benzene rings is 1. The van der Waals surface area contributed by atoms with Crippen LogP contribution in [0.5, 0.6) is 0 Å². The van der Waals surface area contributed by atoms with Gasteiger partial charge in [0.25, 0.3) is 0 Å². The molecule has 3 nitrogen and oxygen atoms in total. The zero-order valence-electron chi connectivity index (χ0n) is 11.8. The second-order valence-corrected chi connectivity index (χ2v) is 6.12. The van der Waals surface area contributed by atoms with Crippen molar-refractivity contribution >= 4 is 0 Å². The van der Waals surface area contributed by atoms with Gasteiger partial charge < -0.3 is 15.3 Å². The quantitative estimate of drug-likeness (QED) is 0.880. The van der Waals surface area contributed by atoms with E-state index in [1.807, 2.05) is 6.07 Å². The van der Waals surface area contributed by atoms with Gasteiger partial charge in [0.15, 0.2) is 0 Å². The van der Waals surface area contributed by atoms with E-state index in [1.165, 1.54) is 6.07 Å². The highest BCUT2D eigenvalue weighted by atomic mass is 19.1. The Bertz CT molecular complexity index is 456. The summed E-state index contributed by atoms with van der Waals surface area (Å²) >= 11 is 0. The molecule has 1 saturated carbocycles. The molecule has 0 amide bonds. The fourth-order valence-electron chi connectivity index (χ4n) is 3.35.